The van der Waals surface area contributed by atoms with E-state index in [-0.39, 0.29) is 18.2 Å². The van der Waals surface area contributed by atoms with Gasteiger partial charge in [-0.2, -0.15) is 0 Å². The van der Waals surface area contributed by atoms with Crippen molar-refractivity contribution in [1.82, 2.24) is 10.3 Å². The first-order valence-corrected chi connectivity index (χ1v) is 6.90. The van der Waals surface area contributed by atoms with E-state index in [0.29, 0.717) is 17.0 Å². The number of phenols is 1. The molecule has 0 aliphatic carbocycles. The number of aromatic hydroxyl groups is 1. The van der Waals surface area contributed by atoms with Crippen molar-refractivity contribution in [2.75, 3.05) is 7.11 Å². The summed E-state index contributed by atoms with van der Waals surface area (Å²) in [4.78, 5) is 15.3. The van der Waals surface area contributed by atoms with Crippen molar-refractivity contribution < 1.29 is 14.6 Å². The van der Waals surface area contributed by atoms with E-state index in [9.17, 15) is 9.90 Å². The van der Waals surface area contributed by atoms with Crippen molar-refractivity contribution in [3.05, 3.63) is 59.8 Å². The molecule has 1 aromatic heterocycles. The molecule has 3 aromatic rings. The number of carbonyl (C=O) groups is 1. The fourth-order valence-corrected chi connectivity index (χ4v) is 2.38. The maximum atomic E-state index is 12.2. The molecule has 0 spiro atoms. The van der Waals surface area contributed by atoms with E-state index in [1.165, 1.54) is 7.11 Å². The number of rotatable bonds is 4. The zero-order valence-corrected chi connectivity index (χ0v) is 12.1. The fraction of sp³-hybridized carbons (Fsp3) is 0.118. The number of aromatic amines is 1. The van der Waals surface area contributed by atoms with Gasteiger partial charge < -0.3 is 20.1 Å². The van der Waals surface area contributed by atoms with E-state index in [4.69, 9.17) is 4.74 Å². The van der Waals surface area contributed by atoms with Gasteiger partial charge >= 0.3 is 0 Å². The van der Waals surface area contributed by atoms with Crippen LogP contribution < -0.4 is 10.1 Å². The highest BCUT2D eigenvalue weighted by Crippen LogP contribution is 2.27. The van der Waals surface area contributed by atoms with E-state index in [1.54, 1.807) is 24.3 Å². The molecule has 0 aliphatic rings. The molecule has 5 nitrogen and oxygen atoms in total. The van der Waals surface area contributed by atoms with Gasteiger partial charge in [0, 0.05) is 10.9 Å². The number of amides is 1. The van der Waals surface area contributed by atoms with Gasteiger partial charge in [0.15, 0.2) is 0 Å². The minimum absolute atomic E-state index is 0.0938. The van der Waals surface area contributed by atoms with E-state index in [0.717, 1.165) is 10.9 Å². The quantitative estimate of drug-likeness (QED) is 0.693. The van der Waals surface area contributed by atoms with Crippen LogP contribution in [0.25, 0.3) is 10.9 Å². The van der Waals surface area contributed by atoms with Crippen LogP contribution >= 0.6 is 0 Å². The normalized spacial score (nSPS) is 10.6. The molecule has 0 aliphatic heterocycles. The number of ether oxygens (including phenoxy) is 1. The van der Waals surface area contributed by atoms with Gasteiger partial charge in [-0.05, 0) is 24.3 Å². The number of nitrogens with one attached hydrogen (secondary N) is 2. The van der Waals surface area contributed by atoms with E-state index < -0.39 is 0 Å². The van der Waals surface area contributed by atoms with Crippen molar-refractivity contribution in [1.29, 1.82) is 0 Å². The lowest BCUT2D eigenvalue weighted by atomic mass is 10.1. The number of hydrogen-bond donors (Lipinski definition) is 3. The molecule has 0 fully saturated rings. The second-order valence-electron chi connectivity index (χ2n) is 4.91. The molecule has 3 N–H and O–H groups in total. The Morgan fingerprint density at radius 1 is 1.23 bits per heavy atom. The maximum Gasteiger partial charge on any atom is 0.268 e. The van der Waals surface area contributed by atoms with Crippen LogP contribution in [-0.2, 0) is 6.54 Å². The lowest BCUT2D eigenvalue weighted by Crippen LogP contribution is -2.23. The third-order valence-electron chi connectivity index (χ3n) is 3.53. The highest BCUT2D eigenvalue weighted by molar-refractivity contribution is 5.97. The average Bonchev–Trinajstić information content (AvgIpc) is 2.97. The molecule has 0 unspecified atom stereocenters. The van der Waals surface area contributed by atoms with Crippen LogP contribution in [0, 0.1) is 0 Å². The van der Waals surface area contributed by atoms with E-state index >= 15 is 0 Å². The first kappa shape index (κ1) is 14.0. The Labute approximate surface area is 127 Å². The molecule has 22 heavy (non-hydrogen) atoms. The zero-order valence-electron chi connectivity index (χ0n) is 12.1. The van der Waals surface area contributed by atoms with E-state index in [2.05, 4.69) is 10.3 Å². The SMILES string of the molecule is COc1cccc(O)c1CNC(=O)c1cc2ccccc2[nH]1. The monoisotopic (exact) mass is 296 g/mol. The van der Waals surface area contributed by atoms with Crippen LogP contribution in [0.2, 0.25) is 0 Å². The number of carbonyl (C=O) groups excluding carboxylic acids is 1. The minimum atomic E-state index is -0.235. The van der Waals surface area contributed by atoms with Crippen molar-refractivity contribution >= 4 is 16.8 Å². The van der Waals surface area contributed by atoms with Gasteiger partial charge in [0.05, 0.1) is 19.2 Å². The molecule has 5 heteroatoms. The summed E-state index contributed by atoms with van der Waals surface area (Å²) in [5.74, 6) is 0.398. The number of benzene rings is 2. The molecule has 3 rings (SSSR count). The summed E-state index contributed by atoms with van der Waals surface area (Å²) >= 11 is 0. The lowest BCUT2D eigenvalue weighted by molar-refractivity contribution is 0.0946. The molecule has 0 radical (unpaired) electrons. The van der Waals surface area contributed by atoms with Crippen molar-refractivity contribution in [3.8, 4) is 11.5 Å². The number of H-pyrrole nitrogens is 1. The number of methoxy groups -OCH3 is 1. The van der Waals surface area contributed by atoms with Crippen LogP contribution in [0.15, 0.2) is 48.5 Å². The van der Waals surface area contributed by atoms with Gasteiger partial charge in [0.1, 0.15) is 17.2 Å². The highest BCUT2D eigenvalue weighted by atomic mass is 16.5. The molecule has 2 aromatic carbocycles. The smallest absolute Gasteiger partial charge is 0.268 e. The zero-order chi connectivity index (χ0) is 15.5. The van der Waals surface area contributed by atoms with Crippen LogP contribution in [0.3, 0.4) is 0 Å². The number of aromatic nitrogens is 1. The predicted octanol–water partition coefficient (Wildman–Crippen LogP) is 2.81. The van der Waals surface area contributed by atoms with E-state index in [1.807, 2.05) is 24.3 Å². The number of para-hydroxylation sites is 1. The summed E-state index contributed by atoms with van der Waals surface area (Å²) in [6.45, 7) is 0.185. The van der Waals surface area contributed by atoms with Gasteiger partial charge in [-0.25, -0.2) is 0 Å². The molecule has 112 valence electrons. The minimum Gasteiger partial charge on any atom is -0.507 e. The second-order valence-corrected chi connectivity index (χ2v) is 4.91. The van der Waals surface area contributed by atoms with Crippen LogP contribution in [-0.4, -0.2) is 23.1 Å². The highest BCUT2D eigenvalue weighted by Gasteiger charge is 2.12. The van der Waals surface area contributed by atoms with Crippen molar-refractivity contribution in [3.63, 3.8) is 0 Å². The Bertz CT molecular complexity index is 791. The van der Waals surface area contributed by atoms with Gasteiger partial charge in [0.25, 0.3) is 5.91 Å². The second kappa shape index (κ2) is 5.81. The van der Waals surface area contributed by atoms with Gasteiger partial charge in [0.2, 0.25) is 0 Å². The fourth-order valence-electron chi connectivity index (χ4n) is 2.38. The topological polar surface area (TPSA) is 74.3 Å². The number of hydrogen-bond acceptors (Lipinski definition) is 3. The molecule has 0 atom stereocenters. The summed E-state index contributed by atoms with van der Waals surface area (Å²) in [7, 11) is 1.53. The van der Waals surface area contributed by atoms with Gasteiger partial charge in [-0.15, -0.1) is 0 Å². The molecule has 0 bridgehead atoms. The molecular formula is C17H16N2O3. The Morgan fingerprint density at radius 2 is 2.05 bits per heavy atom. The molecular weight excluding hydrogens is 280 g/mol. The lowest BCUT2D eigenvalue weighted by Gasteiger charge is -2.10. The third-order valence-corrected chi connectivity index (χ3v) is 3.53. The number of phenolic OH excluding ortho intramolecular Hbond substituents is 1. The summed E-state index contributed by atoms with van der Waals surface area (Å²) in [5, 5.41) is 13.6. The van der Waals surface area contributed by atoms with Gasteiger partial charge in [-0.3, -0.25) is 4.79 Å². The Kier molecular flexibility index (Phi) is 3.70. The molecule has 0 saturated carbocycles. The van der Waals surface area contributed by atoms with Crippen molar-refractivity contribution in [2.24, 2.45) is 0 Å². The molecule has 0 saturated heterocycles. The largest absolute Gasteiger partial charge is 0.507 e. The average molecular weight is 296 g/mol. The van der Waals surface area contributed by atoms with Crippen LogP contribution in [0.5, 0.6) is 11.5 Å². The summed E-state index contributed by atoms with van der Waals surface area (Å²) in [6, 6.07) is 14.5. The first-order valence-electron chi connectivity index (χ1n) is 6.90. The third kappa shape index (κ3) is 2.61. The Morgan fingerprint density at radius 3 is 2.82 bits per heavy atom. The Hall–Kier alpha value is -2.95. The number of fused-ring (bicyclic) bond motifs is 1. The Balaban J connectivity index is 1.78. The molecule has 1 heterocycles. The molecule has 1 amide bonds. The summed E-state index contributed by atoms with van der Waals surface area (Å²) in [6.07, 6.45) is 0. The summed E-state index contributed by atoms with van der Waals surface area (Å²) in [5.41, 5.74) is 1.94. The standard InChI is InChI=1S/C17H16N2O3/c1-22-16-8-4-7-15(20)12(16)10-18-17(21)14-9-11-5-2-3-6-13(11)19-14/h2-9,19-20H,10H2,1H3,(H,18,21). The maximum absolute atomic E-state index is 12.2. The predicted molar refractivity (Wildman–Crippen MR) is 84.1 cm³/mol. The van der Waals surface area contributed by atoms with Crippen molar-refractivity contribution in [2.45, 2.75) is 6.54 Å². The van der Waals surface area contributed by atoms with Gasteiger partial charge in [-0.1, -0.05) is 24.3 Å². The van der Waals surface area contributed by atoms with Crippen LogP contribution in [0.1, 0.15) is 16.1 Å². The van der Waals surface area contributed by atoms with Crippen LogP contribution in [0.4, 0.5) is 0 Å². The first-order chi connectivity index (χ1) is 10.7. The summed E-state index contributed by atoms with van der Waals surface area (Å²) < 4.78 is 5.19.